The van der Waals surface area contributed by atoms with Crippen molar-refractivity contribution in [3.05, 3.63) is 17.5 Å². The van der Waals surface area contributed by atoms with Crippen molar-refractivity contribution >= 4 is 30.3 Å². The summed E-state index contributed by atoms with van der Waals surface area (Å²) in [7, 11) is 1.64. The standard InChI is InChI=1S/C6H8IN3S/c7-11-10-6-1-2-8-3-5(6)4-9-10/h4,8H,1-3H2. The molecule has 0 saturated carbocycles. The van der Waals surface area contributed by atoms with Crippen LogP contribution < -0.4 is 5.32 Å². The van der Waals surface area contributed by atoms with E-state index in [1.165, 1.54) is 11.3 Å². The van der Waals surface area contributed by atoms with Gasteiger partial charge >= 0.3 is 0 Å². The van der Waals surface area contributed by atoms with E-state index in [0.29, 0.717) is 0 Å². The molecule has 1 aromatic heterocycles. The van der Waals surface area contributed by atoms with E-state index in [1.54, 1.807) is 9.12 Å². The Bertz CT molecular complexity index is 247. The zero-order valence-corrected chi connectivity index (χ0v) is 8.85. The molecule has 1 aliphatic heterocycles. The van der Waals surface area contributed by atoms with Gasteiger partial charge in [0.05, 0.1) is 11.9 Å². The highest BCUT2D eigenvalue weighted by Gasteiger charge is 2.13. The topological polar surface area (TPSA) is 29.9 Å². The van der Waals surface area contributed by atoms with Gasteiger partial charge in [0.2, 0.25) is 0 Å². The molecule has 1 aliphatic rings. The van der Waals surface area contributed by atoms with Gasteiger partial charge in [-0.3, -0.25) is 0 Å². The van der Waals surface area contributed by atoms with E-state index in [9.17, 15) is 0 Å². The van der Waals surface area contributed by atoms with Crippen LogP contribution in [0.3, 0.4) is 0 Å². The maximum absolute atomic E-state index is 4.25. The summed E-state index contributed by atoms with van der Waals surface area (Å²) >= 11 is 2.25. The Morgan fingerprint density at radius 2 is 2.64 bits per heavy atom. The first kappa shape index (κ1) is 7.88. The van der Waals surface area contributed by atoms with E-state index in [0.717, 1.165) is 19.5 Å². The van der Waals surface area contributed by atoms with Crippen LogP contribution in [-0.4, -0.2) is 15.7 Å². The van der Waals surface area contributed by atoms with Crippen LogP contribution >= 0.6 is 30.3 Å². The van der Waals surface area contributed by atoms with E-state index >= 15 is 0 Å². The number of fused-ring (bicyclic) bond motifs is 1. The number of nitrogens with zero attached hydrogens (tertiary/aromatic N) is 2. The van der Waals surface area contributed by atoms with Gasteiger partial charge in [0, 0.05) is 55.4 Å². The summed E-state index contributed by atoms with van der Waals surface area (Å²) in [5, 5.41) is 7.56. The molecule has 0 aliphatic carbocycles. The first-order valence-corrected chi connectivity index (χ1v) is 6.79. The van der Waals surface area contributed by atoms with Gasteiger partial charge in [0.1, 0.15) is 0 Å². The molecule has 0 saturated heterocycles. The average molecular weight is 281 g/mol. The Balaban J connectivity index is 2.38. The number of aromatic nitrogens is 2. The molecule has 5 heteroatoms. The summed E-state index contributed by atoms with van der Waals surface area (Å²) in [5.74, 6) is 0. The lowest BCUT2D eigenvalue weighted by Gasteiger charge is -2.12. The molecule has 1 aromatic rings. The number of hydrogen-bond acceptors (Lipinski definition) is 3. The fourth-order valence-corrected chi connectivity index (χ4v) is 2.68. The van der Waals surface area contributed by atoms with Gasteiger partial charge in [-0.05, 0) is 0 Å². The molecule has 0 fully saturated rings. The molecule has 11 heavy (non-hydrogen) atoms. The normalized spacial score (nSPS) is 16.5. The molecule has 0 radical (unpaired) electrons. The van der Waals surface area contributed by atoms with Crippen molar-refractivity contribution in [1.82, 2.24) is 14.5 Å². The Labute approximate surface area is 81.6 Å². The van der Waals surface area contributed by atoms with Gasteiger partial charge in [-0.2, -0.15) is 5.10 Å². The molecule has 2 heterocycles. The van der Waals surface area contributed by atoms with E-state index in [4.69, 9.17) is 0 Å². The Kier molecular flexibility index (Phi) is 2.38. The SMILES string of the molecule is ISn1ncc2c1CCNC2. The molecule has 60 valence electrons. The second-order valence-corrected chi connectivity index (χ2v) is 4.15. The summed E-state index contributed by atoms with van der Waals surface area (Å²) in [6.07, 6.45) is 3.05. The van der Waals surface area contributed by atoms with Crippen molar-refractivity contribution in [1.29, 1.82) is 0 Å². The molecule has 0 bridgehead atoms. The van der Waals surface area contributed by atoms with Crippen LogP contribution in [0.25, 0.3) is 0 Å². The monoisotopic (exact) mass is 281 g/mol. The predicted octanol–water partition coefficient (Wildman–Crippen LogP) is 1.38. The third-order valence-electron chi connectivity index (χ3n) is 1.84. The van der Waals surface area contributed by atoms with Crippen LogP contribution in [0.1, 0.15) is 11.3 Å². The first-order valence-electron chi connectivity index (χ1n) is 3.47. The minimum absolute atomic E-state index is 0.979. The molecule has 0 amide bonds. The summed E-state index contributed by atoms with van der Waals surface area (Å²) < 4.78 is 2.00. The van der Waals surface area contributed by atoms with Crippen molar-refractivity contribution in [3.63, 3.8) is 0 Å². The van der Waals surface area contributed by atoms with Gasteiger partial charge in [0.25, 0.3) is 0 Å². The van der Waals surface area contributed by atoms with Gasteiger partial charge < -0.3 is 5.32 Å². The summed E-state index contributed by atoms with van der Waals surface area (Å²) in [6, 6.07) is 0. The maximum Gasteiger partial charge on any atom is 0.0579 e. The van der Waals surface area contributed by atoms with Crippen LogP contribution in [0.4, 0.5) is 0 Å². The number of rotatable bonds is 1. The third kappa shape index (κ3) is 1.41. The Hall–Kier alpha value is 0.250. The van der Waals surface area contributed by atoms with Crippen LogP contribution in [0.5, 0.6) is 0 Å². The van der Waals surface area contributed by atoms with E-state index < -0.39 is 0 Å². The smallest absolute Gasteiger partial charge is 0.0579 e. The van der Waals surface area contributed by atoms with E-state index in [2.05, 4.69) is 31.6 Å². The summed E-state index contributed by atoms with van der Waals surface area (Å²) in [5.41, 5.74) is 2.73. The quantitative estimate of drug-likeness (QED) is 0.789. The molecular weight excluding hydrogens is 273 g/mol. The van der Waals surface area contributed by atoms with E-state index in [-0.39, 0.29) is 0 Å². The number of nitrogens with one attached hydrogen (secondary N) is 1. The molecule has 0 spiro atoms. The summed E-state index contributed by atoms with van der Waals surface area (Å²) in [6.45, 7) is 2.06. The largest absolute Gasteiger partial charge is 0.312 e. The maximum atomic E-state index is 4.25. The average Bonchev–Trinajstić information content (AvgIpc) is 2.47. The lowest BCUT2D eigenvalue weighted by molar-refractivity contribution is 0.633. The van der Waals surface area contributed by atoms with E-state index in [1.807, 2.05) is 10.3 Å². The van der Waals surface area contributed by atoms with Gasteiger partial charge in [-0.15, -0.1) is 0 Å². The minimum atomic E-state index is 0.979. The summed E-state index contributed by atoms with van der Waals surface area (Å²) in [4.78, 5) is 0. The highest BCUT2D eigenvalue weighted by atomic mass is 127. The molecule has 1 N–H and O–H groups in total. The lowest BCUT2D eigenvalue weighted by Crippen LogP contribution is -2.23. The predicted molar refractivity (Wildman–Crippen MR) is 54.6 cm³/mol. The van der Waals surface area contributed by atoms with Crippen molar-refractivity contribution in [2.45, 2.75) is 13.0 Å². The molecule has 0 unspecified atom stereocenters. The van der Waals surface area contributed by atoms with Crippen LogP contribution in [0.15, 0.2) is 6.20 Å². The van der Waals surface area contributed by atoms with Crippen LogP contribution in [-0.2, 0) is 13.0 Å². The van der Waals surface area contributed by atoms with Gasteiger partial charge in [0.15, 0.2) is 0 Å². The second-order valence-electron chi connectivity index (χ2n) is 2.49. The zero-order chi connectivity index (χ0) is 7.68. The fourth-order valence-electron chi connectivity index (χ4n) is 1.28. The number of hydrogen-bond donors (Lipinski definition) is 1. The second kappa shape index (κ2) is 3.32. The van der Waals surface area contributed by atoms with Crippen LogP contribution in [0.2, 0.25) is 0 Å². The highest BCUT2D eigenvalue weighted by molar-refractivity contribution is 14.2. The lowest BCUT2D eigenvalue weighted by atomic mass is 10.1. The zero-order valence-electron chi connectivity index (χ0n) is 5.88. The Morgan fingerprint density at radius 3 is 3.45 bits per heavy atom. The van der Waals surface area contributed by atoms with Crippen molar-refractivity contribution in [2.75, 3.05) is 6.54 Å². The molecule has 0 atom stereocenters. The number of halogens is 1. The molecule has 3 nitrogen and oxygen atoms in total. The van der Waals surface area contributed by atoms with Crippen molar-refractivity contribution in [2.24, 2.45) is 0 Å². The van der Waals surface area contributed by atoms with Crippen LogP contribution in [0, 0.1) is 0 Å². The molecule has 2 rings (SSSR count). The van der Waals surface area contributed by atoms with Crippen molar-refractivity contribution in [3.8, 4) is 0 Å². The van der Waals surface area contributed by atoms with Gasteiger partial charge in [-0.1, -0.05) is 0 Å². The Morgan fingerprint density at radius 1 is 1.73 bits per heavy atom. The highest BCUT2D eigenvalue weighted by Crippen LogP contribution is 2.21. The molecular formula is C6H8IN3S. The van der Waals surface area contributed by atoms with Crippen molar-refractivity contribution < 1.29 is 0 Å². The first-order chi connectivity index (χ1) is 5.42. The fraction of sp³-hybridized carbons (Fsp3) is 0.500. The van der Waals surface area contributed by atoms with Gasteiger partial charge in [-0.25, -0.2) is 4.09 Å². The third-order valence-corrected chi connectivity index (χ3v) is 3.40. The minimum Gasteiger partial charge on any atom is -0.312 e. The molecule has 0 aromatic carbocycles.